The molecule has 3 nitrogen and oxygen atoms in total. The molecule has 14 heavy (non-hydrogen) atoms. The first kappa shape index (κ1) is 11.0. The second-order valence-corrected chi connectivity index (χ2v) is 4.38. The third-order valence-corrected chi connectivity index (χ3v) is 3.21. The molecular formula is C11H18N2O. The molecule has 1 aliphatic heterocycles. The average Bonchev–Trinajstić information content (AvgIpc) is 2.20. The molecule has 3 atom stereocenters. The molecule has 1 heterocycles. The van der Waals surface area contributed by atoms with Gasteiger partial charge in [-0.15, -0.1) is 0 Å². The first-order valence-electron chi connectivity index (χ1n) is 5.24. The Balaban J connectivity index is 2.55. The van der Waals surface area contributed by atoms with Crippen LogP contribution in [0.5, 0.6) is 0 Å². The smallest absolute Gasteiger partial charge is 0.239 e. The number of rotatable bonds is 1. The average molecular weight is 194 g/mol. The van der Waals surface area contributed by atoms with Gasteiger partial charge in [-0.25, -0.2) is 0 Å². The lowest BCUT2D eigenvalue weighted by atomic mass is 9.88. The maximum Gasteiger partial charge on any atom is 0.239 e. The van der Waals surface area contributed by atoms with Crippen molar-refractivity contribution in [3.05, 3.63) is 0 Å². The van der Waals surface area contributed by atoms with Crippen LogP contribution in [-0.4, -0.2) is 23.9 Å². The quantitative estimate of drug-likeness (QED) is 0.637. The third kappa shape index (κ3) is 2.25. The Hall–Kier alpha value is -1.04. The lowest BCUT2D eigenvalue weighted by Crippen LogP contribution is -2.44. The summed E-state index contributed by atoms with van der Waals surface area (Å²) in [5, 5.41) is 8.66. The Labute approximate surface area is 85.7 Å². The minimum atomic E-state index is -0.490. The van der Waals surface area contributed by atoms with Crippen molar-refractivity contribution in [2.45, 2.75) is 27.2 Å². The summed E-state index contributed by atoms with van der Waals surface area (Å²) in [5.74, 6) is 0.747. The maximum absolute atomic E-state index is 11.7. The van der Waals surface area contributed by atoms with Crippen molar-refractivity contribution in [1.29, 1.82) is 5.26 Å². The fourth-order valence-electron chi connectivity index (χ4n) is 1.79. The van der Waals surface area contributed by atoms with Crippen molar-refractivity contribution >= 4 is 5.91 Å². The molecule has 1 amide bonds. The van der Waals surface area contributed by atoms with E-state index in [1.807, 2.05) is 11.0 Å². The normalized spacial score (nSPS) is 29.4. The predicted molar refractivity (Wildman–Crippen MR) is 54.3 cm³/mol. The molecule has 1 saturated heterocycles. The SMILES string of the molecule is CC(C#N)C(=O)N1CCC(C)C(C)C1. The number of piperidine rings is 1. The zero-order chi connectivity index (χ0) is 10.7. The molecule has 78 valence electrons. The van der Waals surface area contributed by atoms with Gasteiger partial charge < -0.3 is 4.90 Å². The van der Waals surface area contributed by atoms with Crippen LogP contribution in [0.4, 0.5) is 0 Å². The van der Waals surface area contributed by atoms with Crippen molar-refractivity contribution in [2.75, 3.05) is 13.1 Å². The Morgan fingerprint density at radius 1 is 1.50 bits per heavy atom. The highest BCUT2D eigenvalue weighted by Crippen LogP contribution is 2.23. The summed E-state index contributed by atoms with van der Waals surface area (Å²) >= 11 is 0. The molecule has 0 bridgehead atoms. The number of carbonyl (C=O) groups excluding carboxylic acids is 1. The Morgan fingerprint density at radius 2 is 2.14 bits per heavy atom. The van der Waals surface area contributed by atoms with Crippen molar-refractivity contribution in [3.8, 4) is 6.07 Å². The lowest BCUT2D eigenvalue weighted by Gasteiger charge is -2.35. The molecule has 3 heteroatoms. The summed E-state index contributed by atoms with van der Waals surface area (Å²) in [6.07, 6.45) is 1.06. The molecule has 0 radical (unpaired) electrons. The van der Waals surface area contributed by atoms with E-state index in [4.69, 9.17) is 5.26 Å². The van der Waals surface area contributed by atoms with Crippen LogP contribution in [0.15, 0.2) is 0 Å². The van der Waals surface area contributed by atoms with Crippen LogP contribution < -0.4 is 0 Å². The molecule has 3 unspecified atom stereocenters. The zero-order valence-electron chi connectivity index (χ0n) is 9.16. The van der Waals surface area contributed by atoms with Crippen LogP contribution in [0.1, 0.15) is 27.2 Å². The molecule has 0 spiro atoms. The summed E-state index contributed by atoms with van der Waals surface area (Å²) in [5.41, 5.74) is 0. The lowest BCUT2D eigenvalue weighted by molar-refractivity contribution is -0.135. The van der Waals surface area contributed by atoms with Crippen molar-refractivity contribution in [1.82, 2.24) is 4.90 Å². The van der Waals surface area contributed by atoms with E-state index in [0.29, 0.717) is 11.8 Å². The van der Waals surface area contributed by atoms with E-state index in [-0.39, 0.29) is 5.91 Å². The number of hydrogen-bond donors (Lipinski definition) is 0. The van der Waals surface area contributed by atoms with E-state index < -0.39 is 5.92 Å². The van der Waals surface area contributed by atoms with Gasteiger partial charge in [0, 0.05) is 13.1 Å². The van der Waals surface area contributed by atoms with Gasteiger partial charge in [-0.3, -0.25) is 4.79 Å². The summed E-state index contributed by atoms with van der Waals surface area (Å²) in [4.78, 5) is 13.5. The number of likely N-dealkylation sites (tertiary alicyclic amines) is 1. The first-order chi connectivity index (χ1) is 6.56. The zero-order valence-corrected chi connectivity index (χ0v) is 9.16. The van der Waals surface area contributed by atoms with Gasteiger partial charge in [-0.2, -0.15) is 5.26 Å². The topological polar surface area (TPSA) is 44.1 Å². The largest absolute Gasteiger partial charge is 0.341 e. The Bertz CT molecular complexity index is 257. The fourth-order valence-corrected chi connectivity index (χ4v) is 1.79. The van der Waals surface area contributed by atoms with Crippen LogP contribution in [0.25, 0.3) is 0 Å². The number of hydrogen-bond acceptors (Lipinski definition) is 2. The van der Waals surface area contributed by atoms with Gasteiger partial charge in [0.15, 0.2) is 0 Å². The van der Waals surface area contributed by atoms with Gasteiger partial charge >= 0.3 is 0 Å². The molecule has 0 aromatic heterocycles. The molecule has 0 N–H and O–H groups in total. The van der Waals surface area contributed by atoms with Crippen molar-refractivity contribution < 1.29 is 4.79 Å². The van der Waals surface area contributed by atoms with Crippen LogP contribution in [0.3, 0.4) is 0 Å². The fraction of sp³-hybridized carbons (Fsp3) is 0.818. The van der Waals surface area contributed by atoms with E-state index in [1.54, 1.807) is 6.92 Å². The summed E-state index contributed by atoms with van der Waals surface area (Å²) in [7, 11) is 0. The first-order valence-corrected chi connectivity index (χ1v) is 5.24. The van der Waals surface area contributed by atoms with Gasteiger partial charge in [0.05, 0.1) is 6.07 Å². The molecule has 1 rings (SSSR count). The van der Waals surface area contributed by atoms with E-state index in [0.717, 1.165) is 19.5 Å². The van der Waals surface area contributed by atoms with E-state index in [1.165, 1.54) is 0 Å². The highest BCUT2D eigenvalue weighted by Gasteiger charge is 2.28. The Morgan fingerprint density at radius 3 is 2.64 bits per heavy atom. The molecule has 0 aliphatic carbocycles. The van der Waals surface area contributed by atoms with Crippen LogP contribution in [0, 0.1) is 29.1 Å². The summed E-state index contributed by atoms with van der Waals surface area (Å²) in [6, 6.07) is 2.00. The van der Waals surface area contributed by atoms with Crippen LogP contribution in [0.2, 0.25) is 0 Å². The molecule has 0 aromatic carbocycles. The van der Waals surface area contributed by atoms with Crippen LogP contribution in [-0.2, 0) is 4.79 Å². The highest BCUT2D eigenvalue weighted by atomic mass is 16.2. The van der Waals surface area contributed by atoms with Gasteiger partial charge in [0.2, 0.25) is 5.91 Å². The van der Waals surface area contributed by atoms with Gasteiger partial charge in [0.1, 0.15) is 5.92 Å². The molecule has 0 saturated carbocycles. The summed E-state index contributed by atoms with van der Waals surface area (Å²) in [6.45, 7) is 7.69. The van der Waals surface area contributed by atoms with E-state index >= 15 is 0 Å². The third-order valence-electron chi connectivity index (χ3n) is 3.21. The number of amides is 1. The van der Waals surface area contributed by atoms with Gasteiger partial charge in [-0.05, 0) is 25.2 Å². The predicted octanol–water partition coefficient (Wildman–Crippen LogP) is 1.65. The number of carbonyl (C=O) groups is 1. The van der Waals surface area contributed by atoms with E-state index in [2.05, 4.69) is 13.8 Å². The standard InChI is InChI=1S/C11H18N2O/c1-8-4-5-13(7-10(8)3)11(14)9(2)6-12/h8-10H,4-5,7H2,1-3H3. The minimum Gasteiger partial charge on any atom is -0.341 e. The molecular weight excluding hydrogens is 176 g/mol. The van der Waals surface area contributed by atoms with Gasteiger partial charge in [0.25, 0.3) is 0 Å². The maximum atomic E-state index is 11.7. The van der Waals surface area contributed by atoms with Gasteiger partial charge in [-0.1, -0.05) is 13.8 Å². The second-order valence-electron chi connectivity index (χ2n) is 4.38. The number of nitrogens with zero attached hydrogens (tertiary/aromatic N) is 2. The van der Waals surface area contributed by atoms with Crippen LogP contribution >= 0.6 is 0 Å². The monoisotopic (exact) mass is 194 g/mol. The molecule has 1 fully saturated rings. The molecule has 1 aliphatic rings. The minimum absolute atomic E-state index is 0.00810. The molecule has 0 aromatic rings. The second kappa shape index (κ2) is 4.45. The van der Waals surface area contributed by atoms with Crippen molar-refractivity contribution in [3.63, 3.8) is 0 Å². The Kier molecular flexibility index (Phi) is 3.51. The van der Waals surface area contributed by atoms with E-state index in [9.17, 15) is 4.79 Å². The van der Waals surface area contributed by atoms with Crippen molar-refractivity contribution in [2.24, 2.45) is 17.8 Å². The highest BCUT2D eigenvalue weighted by molar-refractivity contribution is 5.80. The summed E-state index contributed by atoms with van der Waals surface area (Å²) < 4.78 is 0. The number of nitriles is 1.